The molecule has 0 saturated heterocycles. The summed E-state index contributed by atoms with van der Waals surface area (Å²) in [5.41, 5.74) is 1.39. The minimum absolute atomic E-state index is 0.0629. The number of nitrogens with zero attached hydrogens (tertiary/aromatic N) is 4. The van der Waals surface area contributed by atoms with Gasteiger partial charge in [-0.1, -0.05) is 24.3 Å². The number of nitrogens with one attached hydrogen (secondary N) is 2. The van der Waals surface area contributed by atoms with Crippen LogP contribution in [0.5, 0.6) is 0 Å². The molecule has 0 bridgehead atoms. The molecule has 130 valence electrons. The maximum atomic E-state index is 12.1. The van der Waals surface area contributed by atoms with E-state index in [0.717, 1.165) is 17.2 Å². The number of sulfonamides is 1. The largest absolute Gasteiger partial charge is 0.476 e. The molecule has 3 rings (SSSR count). The van der Waals surface area contributed by atoms with Crippen LogP contribution in [0.1, 0.15) is 21.6 Å². The molecule has 2 heterocycles. The zero-order valence-corrected chi connectivity index (χ0v) is 13.6. The van der Waals surface area contributed by atoms with Crippen LogP contribution < -0.4 is 4.72 Å². The number of rotatable bonds is 7. The minimum Gasteiger partial charge on any atom is -0.476 e. The van der Waals surface area contributed by atoms with Gasteiger partial charge in [-0.25, -0.2) is 27.6 Å². The Kier molecular flexibility index (Phi) is 4.59. The second-order valence-electron chi connectivity index (χ2n) is 5.16. The van der Waals surface area contributed by atoms with Crippen molar-refractivity contribution in [2.45, 2.75) is 18.1 Å². The van der Waals surface area contributed by atoms with Gasteiger partial charge in [0.25, 0.3) is 10.0 Å². The number of aromatic amines is 1. The fraction of sp³-hybridized carbons (Fsp3) is 0.143. The average molecular weight is 362 g/mol. The quantitative estimate of drug-likeness (QED) is 0.546. The lowest BCUT2D eigenvalue weighted by molar-refractivity contribution is 0.0690. The standard InChI is InChI=1S/C14H14N6O4S/c21-14(22)12-5-13(19-18-12)25(23,24)17-6-10-1-3-11(4-2-10)7-20-9-15-8-16-20/h1-5,8-9,17H,6-7H2,(H,18,19)(H,21,22). The molecule has 0 fully saturated rings. The summed E-state index contributed by atoms with van der Waals surface area (Å²) in [6.45, 7) is 0.630. The van der Waals surface area contributed by atoms with Gasteiger partial charge in [0.05, 0.1) is 6.54 Å². The van der Waals surface area contributed by atoms with Crippen LogP contribution >= 0.6 is 0 Å². The highest BCUT2D eigenvalue weighted by molar-refractivity contribution is 7.89. The van der Waals surface area contributed by atoms with E-state index in [1.54, 1.807) is 23.1 Å². The smallest absolute Gasteiger partial charge is 0.356 e. The third-order valence-corrected chi connectivity index (χ3v) is 4.68. The molecule has 3 N–H and O–H groups in total. The van der Waals surface area contributed by atoms with Crippen LogP contribution in [0.15, 0.2) is 48.0 Å². The molecule has 0 aliphatic rings. The topological polar surface area (TPSA) is 143 Å². The van der Waals surface area contributed by atoms with Crippen LogP contribution in [0.2, 0.25) is 0 Å². The van der Waals surface area contributed by atoms with E-state index in [0.29, 0.717) is 6.54 Å². The monoisotopic (exact) mass is 362 g/mol. The van der Waals surface area contributed by atoms with Gasteiger partial charge in [-0.3, -0.25) is 5.10 Å². The zero-order chi connectivity index (χ0) is 17.9. The summed E-state index contributed by atoms with van der Waals surface area (Å²) in [5, 5.41) is 18.1. The van der Waals surface area contributed by atoms with Crippen LogP contribution in [0.3, 0.4) is 0 Å². The predicted molar refractivity (Wildman–Crippen MR) is 85.1 cm³/mol. The Morgan fingerprint density at radius 1 is 1.24 bits per heavy atom. The van der Waals surface area contributed by atoms with Crippen molar-refractivity contribution < 1.29 is 18.3 Å². The van der Waals surface area contributed by atoms with Gasteiger partial charge in [-0.2, -0.15) is 10.2 Å². The van der Waals surface area contributed by atoms with E-state index in [4.69, 9.17) is 5.11 Å². The number of hydrogen-bond donors (Lipinski definition) is 3. The molecule has 0 spiro atoms. The first-order valence-electron chi connectivity index (χ1n) is 7.12. The van der Waals surface area contributed by atoms with Gasteiger partial charge in [0, 0.05) is 12.6 Å². The highest BCUT2D eigenvalue weighted by Crippen LogP contribution is 2.10. The second kappa shape index (κ2) is 6.83. The van der Waals surface area contributed by atoms with Gasteiger partial charge in [0.1, 0.15) is 12.7 Å². The lowest BCUT2D eigenvalue weighted by atomic mass is 10.1. The van der Waals surface area contributed by atoms with Crippen molar-refractivity contribution in [2.75, 3.05) is 0 Å². The highest BCUT2D eigenvalue weighted by atomic mass is 32.2. The Morgan fingerprint density at radius 3 is 2.56 bits per heavy atom. The van der Waals surface area contributed by atoms with Gasteiger partial charge < -0.3 is 5.11 Å². The first-order chi connectivity index (χ1) is 11.9. The average Bonchev–Trinajstić information content (AvgIpc) is 3.26. The van der Waals surface area contributed by atoms with Crippen molar-refractivity contribution in [3.05, 3.63) is 59.8 Å². The Labute approximate surface area is 142 Å². The highest BCUT2D eigenvalue weighted by Gasteiger charge is 2.19. The van der Waals surface area contributed by atoms with E-state index in [2.05, 4.69) is 25.0 Å². The number of carboxylic acid groups (broad SMARTS) is 1. The number of carbonyl (C=O) groups is 1. The summed E-state index contributed by atoms with van der Waals surface area (Å²) < 4.78 is 28.3. The number of carboxylic acids is 1. The van der Waals surface area contributed by atoms with Crippen molar-refractivity contribution in [3.8, 4) is 0 Å². The molecule has 0 unspecified atom stereocenters. The molecule has 0 saturated carbocycles. The van der Waals surface area contributed by atoms with Crippen LogP contribution in [0.25, 0.3) is 0 Å². The molecule has 10 nitrogen and oxygen atoms in total. The van der Waals surface area contributed by atoms with Gasteiger partial charge in [0.15, 0.2) is 10.7 Å². The van der Waals surface area contributed by atoms with E-state index < -0.39 is 16.0 Å². The number of H-pyrrole nitrogens is 1. The Bertz CT molecular complexity index is 963. The molecule has 11 heteroatoms. The van der Waals surface area contributed by atoms with E-state index in [9.17, 15) is 13.2 Å². The SMILES string of the molecule is O=C(O)c1cc(S(=O)(=O)NCc2ccc(Cn3cncn3)cc2)[nH]n1. The summed E-state index contributed by atoms with van der Waals surface area (Å²) >= 11 is 0. The van der Waals surface area contributed by atoms with Crippen molar-refractivity contribution in [2.24, 2.45) is 0 Å². The molecule has 2 aromatic heterocycles. The summed E-state index contributed by atoms with van der Waals surface area (Å²) in [5.74, 6) is -1.30. The molecule has 0 radical (unpaired) electrons. The second-order valence-corrected chi connectivity index (χ2v) is 6.89. The lowest BCUT2D eigenvalue weighted by Gasteiger charge is -2.06. The fourth-order valence-electron chi connectivity index (χ4n) is 2.07. The van der Waals surface area contributed by atoms with Crippen LogP contribution in [-0.2, 0) is 23.1 Å². The zero-order valence-electron chi connectivity index (χ0n) is 12.8. The molecular weight excluding hydrogens is 348 g/mol. The Balaban J connectivity index is 1.63. The van der Waals surface area contributed by atoms with E-state index in [1.807, 2.05) is 12.1 Å². The minimum atomic E-state index is -3.88. The summed E-state index contributed by atoms with van der Waals surface area (Å²) in [6.07, 6.45) is 3.06. The summed E-state index contributed by atoms with van der Waals surface area (Å²) in [7, 11) is -3.88. The van der Waals surface area contributed by atoms with Gasteiger partial charge in [-0.05, 0) is 11.1 Å². The molecule has 0 aliphatic heterocycles. The van der Waals surface area contributed by atoms with Crippen molar-refractivity contribution in [1.29, 1.82) is 0 Å². The molecule has 25 heavy (non-hydrogen) atoms. The molecule has 0 atom stereocenters. The third kappa shape index (κ3) is 4.08. The van der Waals surface area contributed by atoms with E-state index in [1.165, 1.54) is 6.33 Å². The van der Waals surface area contributed by atoms with Gasteiger partial charge >= 0.3 is 5.97 Å². The molecule has 0 amide bonds. The van der Waals surface area contributed by atoms with Crippen molar-refractivity contribution in [1.82, 2.24) is 29.7 Å². The van der Waals surface area contributed by atoms with Crippen LogP contribution in [0, 0.1) is 0 Å². The number of aromatic nitrogens is 5. The van der Waals surface area contributed by atoms with Crippen molar-refractivity contribution in [3.63, 3.8) is 0 Å². The maximum Gasteiger partial charge on any atom is 0.356 e. The Hall–Kier alpha value is -3.05. The molecule has 1 aromatic carbocycles. The number of aromatic carboxylic acids is 1. The molecular formula is C14H14N6O4S. The Morgan fingerprint density at radius 2 is 1.96 bits per heavy atom. The van der Waals surface area contributed by atoms with E-state index in [-0.39, 0.29) is 17.3 Å². The van der Waals surface area contributed by atoms with Gasteiger partial charge in [-0.15, -0.1) is 0 Å². The molecule has 3 aromatic rings. The fourth-order valence-corrected chi connectivity index (χ4v) is 3.02. The maximum absolute atomic E-state index is 12.1. The van der Waals surface area contributed by atoms with Crippen LogP contribution in [-0.4, -0.2) is 44.5 Å². The first kappa shape index (κ1) is 16.8. The van der Waals surface area contributed by atoms with E-state index >= 15 is 0 Å². The summed E-state index contributed by atoms with van der Waals surface area (Å²) in [6, 6.07) is 8.29. The number of benzene rings is 1. The van der Waals surface area contributed by atoms with Gasteiger partial charge in [0.2, 0.25) is 0 Å². The first-order valence-corrected chi connectivity index (χ1v) is 8.61. The van der Waals surface area contributed by atoms with Crippen molar-refractivity contribution >= 4 is 16.0 Å². The molecule has 0 aliphatic carbocycles. The lowest BCUT2D eigenvalue weighted by Crippen LogP contribution is -2.23. The van der Waals surface area contributed by atoms with Crippen LogP contribution in [0.4, 0.5) is 0 Å². The third-order valence-electron chi connectivity index (χ3n) is 3.36. The summed E-state index contributed by atoms with van der Waals surface area (Å²) in [4.78, 5) is 14.6. The predicted octanol–water partition coefficient (Wildman–Crippen LogP) is 0.226. The normalized spacial score (nSPS) is 11.5. The number of hydrogen-bond acceptors (Lipinski definition) is 6.